The van der Waals surface area contributed by atoms with E-state index in [2.05, 4.69) is 26.1 Å². The minimum Gasteiger partial charge on any atom is -0.492 e. The Bertz CT molecular complexity index is 811. The van der Waals surface area contributed by atoms with E-state index in [0.29, 0.717) is 5.75 Å². The van der Waals surface area contributed by atoms with E-state index in [1.165, 1.54) is 17.7 Å². The summed E-state index contributed by atoms with van der Waals surface area (Å²) in [5.41, 5.74) is 0.875. The number of amides is 1. The van der Waals surface area contributed by atoms with Crippen molar-refractivity contribution in [2.75, 3.05) is 19.8 Å². The molecule has 0 radical (unpaired) electrons. The Morgan fingerprint density at radius 2 is 1.79 bits per heavy atom. The van der Waals surface area contributed by atoms with Crippen LogP contribution in [0.2, 0.25) is 5.02 Å². The number of hydrogen-bond donors (Lipinski definition) is 1. The predicted molar refractivity (Wildman–Crippen MR) is 105 cm³/mol. The van der Waals surface area contributed by atoms with Crippen molar-refractivity contribution in [1.82, 2.24) is 5.32 Å². The maximum atomic E-state index is 13.6. The molecule has 0 saturated heterocycles. The summed E-state index contributed by atoms with van der Waals surface area (Å²) in [5.74, 6) is -1.62. The SMILES string of the molecule is CC(C)(C)c1ccc(OCCNC(=O)COC(=O)c2c(F)cccc2Cl)cc1. The standard InChI is InChI=1S/C21H23ClFNO4/c1-21(2,3)14-7-9-15(10-8-14)27-12-11-24-18(25)13-28-20(26)19-16(22)5-4-6-17(19)23/h4-10H,11-13H2,1-3H3,(H,24,25). The molecule has 0 unspecified atom stereocenters. The molecule has 0 heterocycles. The van der Waals surface area contributed by atoms with Gasteiger partial charge >= 0.3 is 5.97 Å². The van der Waals surface area contributed by atoms with Crippen LogP contribution in [0.3, 0.4) is 0 Å². The summed E-state index contributed by atoms with van der Waals surface area (Å²) in [6, 6.07) is 11.6. The fraction of sp³-hybridized carbons (Fsp3) is 0.333. The Labute approximate surface area is 168 Å². The lowest BCUT2D eigenvalue weighted by Gasteiger charge is -2.19. The molecular formula is C21H23ClFNO4. The molecule has 2 rings (SSSR count). The summed E-state index contributed by atoms with van der Waals surface area (Å²) < 4.78 is 24.0. The van der Waals surface area contributed by atoms with Crippen LogP contribution >= 0.6 is 11.6 Å². The van der Waals surface area contributed by atoms with Crippen LogP contribution in [0.4, 0.5) is 4.39 Å². The number of rotatable bonds is 7. The number of esters is 1. The zero-order chi connectivity index (χ0) is 20.7. The molecule has 0 aliphatic carbocycles. The highest BCUT2D eigenvalue weighted by Crippen LogP contribution is 2.24. The van der Waals surface area contributed by atoms with E-state index in [-0.39, 0.29) is 29.2 Å². The molecule has 7 heteroatoms. The molecule has 0 atom stereocenters. The Morgan fingerprint density at radius 3 is 2.39 bits per heavy atom. The third-order valence-corrected chi connectivity index (χ3v) is 4.23. The summed E-state index contributed by atoms with van der Waals surface area (Å²) >= 11 is 5.78. The number of halogens is 2. The van der Waals surface area contributed by atoms with Crippen molar-refractivity contribution in [2.45, 2.75) is 26.2 Å². The second-order valence-corrected chi connectivity index (χ2v) is 7.55. The Kier molecular flexibility index (Phi) is 7.40. The summed E-state index contributed by atoms with van der Waals surface area (Å²) in [7, 11) is 0. The quantitative estimate of drug-likeness (QED) is 0.553. The predicted octanol–water partition coefficient (Wildman–Crippen LogP) is 4.13. The van der Waals surface area contributed by atoms with E-state index < -0.39 is 24.3 Å². The van der Waals surface area contributed by atoms with Crippen molar-refractivity contribution in [1.29, 1.82) is 0 Å². The van der Waals surface area contributed by atoms with Crippen LogP contribution in [0.5, 0.6) is 5.75 Å². The van der Waals surface area contributed by atoms with Gasteiger partial charge in [-0.1, -0.05) is 50.6 Å². The van der Waals surface area contributed by atoms with Gasteiger partial charge in [0.15, 0.2) is 6.61 Å². The van der Waals surface area contributed by atoms with Crippen LogP contribution in [0.25, 0.3) is 0 Å². The molecule has 2 aromatic rings. The van der Waals surface area contributed by atoms with Crippen LogP contribution < -0.4 is 10.1 Å². The van der Waals surface area contributed by atoms with Gasteiger partial charge in [0.1, 0.15) is 23.7 Å². The van der Waals surface area contributed by atoms with E-state index in [4.69, 9.17) is 21.1 Å². The minimum atomic E-state index is -0.992. The average molecular weight is 408 g/mol. The summed E-state index contributed by atoms with van der Waals surface area (Å²) in [6.07, 6.45) is 0. The van der Waals surface area contributed by atoms with E-state index >= 15 is 0 Å². The highest BCUT2D eigenvalue weighted by Gasteiger charge is 2.18. The third-order valence-electron chi connectivity index (χ3n) is 3.91. The molecular weight excluding hydrogens is 385 g/mol. The second-order valence-electron chi connectivity index (χ2n) is 7.15. The van der Waals surface area contributed by atoms with Gasteiger partial charge in [0, 0.05) is 0 Å². The molecule has 150 valence electrons. The Balaban J connectivity index is 1.71. The fourth-order valence-corrected chi connectivity index (χ4v) is 2.60. The molecule has 0 aromatic heterocycles. The van der Waals surface area contributed by atoms with E-state index in [9.17, 15) is 14.0 Å². The molecule has 1 amide bonds. The Morgan fingerprint density at radius 1 is 1.11 bits per heavy atom. The van der Waals surface area contributed by atoms with Crippen LogP contribution in [0, 0.1) is 5.82 Å². The van der Waals surface area contributed by atoms with Crippen molar-refractivity contribution < 1.29 is 23.5 Å². The van der Waals surface area contributed by atoms with E-state index in [1.807, 2.05) is 24.3 Å². The molecule has 1 N–H and O–H groups in total. The number of carbonyl (C=O) groups excluding carboxylic acids is 2. The maximum absolute atomic E-state index is 13.6. The summed E-state index contributed by atoms with van der Waals surface area (Å²) in [4.78, 5) is 23.6. The molecule has 0 aliphatic heterocycles. The minimum absolute atomic E-state index is 0.0663. The van der Waals surface area contributed by atoms with Gasteiger partial charge < -0.3 is 14.8 Å². The van der Waals surface area contributed by atoms with Gasteiger partial charge in [-0.25, -0.2) is 9.18 Å². The van der Waals surface area contributed by atoms with Gasteiger partial charge in [-0.2, -0.15) is 0 Å². The first kappa shape index (κ1) is 21.7. The molecule has 0 spiro atoms. The number of hydrogen-bond acceptors (Lipinski definition) is 4. The number of benzene rings is 2. The van der Waals surface area contributed by atoms with Gasteiger partial charge in [0.2, 0.25) is 0 Å². The fourth-order valence-electron chi connectivity index (χ4n) is 2.36. The van der Waals surface area contributed by atoms with Crippen LogP contribution in [0.1, 0.15) is 36.7 Å². The molecule has 5 nitrogen and oxygen atoms in total. The number of ether oxygens (including phenoxy) is 2. The summed E-state index contributed by atoms with van der Waals surface area (Å²) in [6.45, 7) is 6.34. The largest absolute Gasteiger partial charge is 0.492 e. The molecule has 0 saturated carbocycles. The smallest absolute Gasteiger partial charge is 0.343 e. The van der Waals surface area contributed by atoms with Crippen molar-refractivity contribution in [2.24, 2.45) is 0 Å². The zero-order valence-corrected chi connectivity index (χ0v) is 16.8. The van der Waals surface area contributed by atoms with Gasteiger partial charge in [0.25, 0.3) is 5.91 Å². The van der Waals surface area contributed by atoms with Crippen molar-refractivity contribution in [3.05, 3.63) is 64.4 Å². The Hall–Kier alpha value is -2.60. The van der Waals surface area contributed by atoms with Gasteiger partial charge in [-0.05, 0) is 35.2 Å². The number of carbonyl (C=O) groups is 2. The van der Waals surface area contributed by atoms with Crippen molar-refractivity contribution in [3.8, 4) is 5.75 Å². The summed E-state index contributed by atoms with van der Waals surface area (Å²) in [5, 5.41) is 2.48. The van der Waals surface area contributed by atoms with Crippen LogP contribution in [-0.2, 0) is 14.9 Å². The topological polar surface area (TPSA) is 64.6 Å². The van der Waals surface area contributed by atoms with E-state index in [1.54, 1.807) is 0 Å². The van der Waals surface area contributed by atoms with Crippen LogP contribution in [0.15, 0.2) is 42.5 Å². The lowest BCUT2D eigenvalue weighted by molar-refractivity contribution is -0.124. The molecule has 0 bridgehead atoms. The molecule has 28 heavy (non-hydrogen) atoms. The molecule has 0 fully saturated rings. The van der Waals surface area contributed by atoms with Gasteiger partial charge in [0.05, 0.1) is 11.6 Å². The van der Waals surface area contributed by atoms with Crippen LogP contribution in [-0.4, -0.2) is 31.6 Å². The first-order valence-corrected chi connectivity index (χ1v) is 9.17. The molecule has 0 aliphatic rings. The first-order valence-electron chi connectivity index (χ1n) is 8.79. The maximum Gasteiger partial charge on any atom is 0.343 e. The normalized spacial score (nSPS) is 11.0. The highest BCUT2D eigenvalue weighted by molar-refractivity contribution is 6.33. The van der Waals surface area contributed by atoms with Crippen molar-refractivity contribution in [3.63, 3.8) is 0 Å². The zero-order valence-electron chi connectivity index (χ0n) is 16.1. The highest BCUT2D eigenvalue weighted by atomic mass is 35.5. The van der Waals surface area contributed by atoms with E-state index in [0.717, 1.165) is 6.07 Å². The number of nitrogens with one attached hydrogen (secondary N) is 1. The lowest BCUT2D eigenvalue weighted by Crippen LogP contribution is -2.32. The third kappa shape index (κ3) is 6.23. The average Bonchev–Trinajstić information content (AvgIpc) is 2.63. The lowest BCUT2D eigenvalue weighted by atomic mass is 9.87. The van der Waals surface area contributed by atoms with Gasteiger partial charge in [-0.3, -0.25) is 4.79 Å². The first-order chi connectivity index (χ1) is 13.2. The molecule has 2 aromatic carbocycles. The van der Waals surface area contributed by atoms with Gasteiger partial charge in [-0.15, -0.1) is 0 Å². The monoisotopic (exact) mass is 407 g/mol. The second kappa shape index (κ2) is 9.55. The van der Waals surface area contributed by atoms with Crippen molar-refractivity contribution >= 4 is 23.5 Å².